The smallest absolute Gasteiger partial charge is 0.339 e. The first-order valence-electron chi connectivity index (χ1n) is 10.5. The Morgan fingerprint density at radius 3 is 2.41 bits per heavy atom. The van der Waals surface area contributed by atoms with Crippen molar-refractivity contribution in [3.8, 4) is 22.8 Å². The van der Waals surface area contributed by atoms with E-state index in [1.54, 1.807) is 42.6 Å². The standard InChI is InChI=1S/C25H23N3O4S2/c1-3-31-23-16-19(14-15-22(23)32-34(29,30)21-12-8-5-9-13-21)17-26-28-25-27-24(18(2)33-25)20-10-6-4-7-11-20/h4-17H,3H2,1-2H3,(H,27,28)/b26-17-. The normalized spacial score (nSPS) is 11.5. The Kier molecular flexibility index (Phi) is 7.24. The molecule has 0 atom stereocenters. The van der Waals surface area contributed by atoms with Crippen LogP contribution >= 0.6 is 11.3 Å². The molecule has 0 aliphatic heterocycles. The Hall–Kier alpha value is -3.69. The number of nitrogens with one attached hydrogen (secondary N) is 1. The molecule has 4 rings (SSSR count). The predicted octanol–water partition coefficient (Wildman–Crippen LogP) is 5.73. The Labute approximate surface area is 202 Å². The van der Waals surface area contributed by atoms with E-state index in [1.165, 1.54) is 23.5 Å². The number of anilines is 1. The molecule has 3 aromatic carbocycles. The van der Waals surface area contributed by atoms with E-state index in [2.05, 4.69) is 15.5 Å². The van der Waals surface area contributed by atoms with Crippen LogP contribution in [-0.4, -0.2) is 26.2 Å². The second kappa shape index (κ2) is 10.5. The van der Waals surface area contributed by atoms with E-state index < -0.39 is 10.1 Å². The van der Waals surface area contributed by atoms with E-state index in [4.69, 9.17) is 8.92 Å². The summed E-state index contributed by atoms with van der Waals surface area (Å²) in [6, 6.07) is 22.9. The molecule has 1 heterocycles. The van der Waals surface area contributed by atoms with E-state index in [-0.39, 0.29) is 10.6 Å². The van der Waals surface area contributed by atoms with Gasteiger partial charge in [0.15, 0.2) is 11.5 Å². The number of thiazole rings is 1. The van der Waals surface area contributed by atoms with Crippen molar-refractivity contribution in [2.24, 2.45) is 5.10 Å². The molecule has 0 amide bonds. The summed E-state index contributed by atoms with van der Waals surface area (Å²) in [4.78, 5) is 5.78. The van der Waals surface area contributed by atoms with Gasteiger partial charge in [0.2, 0.25) is 5.13 Å². The van der Waals surface area contributed by atoms with Gasteiger partial charge in [-0.05, 0) is 49.7 Å². The van der Waals surface area contributed by atoms with Gasteiger partial charge in [0.25, 0.3) is 0 Å². The molecule has 0 aliphatic rings. The average Bonchev–Trinajstić information content (AvgIpc) is 3.22. The zero-order chi connectivity index (χ0) is 24.0. The molecule has 34 heavy (non-hydrogen) atoms. The number of aromatic nitrogens is 1. The first kappa shape index (κ1) is 23.5. The van der Waals surface area contributed by atoms with Crippen molar-refractivity contribution in [1.82, 2.24) is 4.98 Å². The average molecular weight is 494 g/mol. The fourth-order valence-electron chi connectivity index (χ4n) is 3.17. The van der Waals surface area contributed by atoms with E-state index in [0.717, 1.165) is 16.1 Å². The number of ether oxygens (including phenoxy) is 1. The minimum atomic E-state index is -3.98. The predicted molar refractivity (Wildman–Crippen MR) is 135 cm³/mol. The largest absolute Gasteiger partial charge is 0.490 e. The number of nitrogens with zero attached hydrogens (tertiary/aromatic N) is 2. The minimum Gasteiger partial charge on any atom is -0.490 e. The van der Waals surface area contributed by atoms with Crippen LogP contribution in [0.1, 0.15) is 17.4 Å². The topological polar surface area (TPSA) is 89.9 Å². The highest BCUT2D eigenvalue weighted by Crippen LogP contribution is 2.32. The summed E-state index contributed by atoms with van der Waals surface area (Å²) in [5, 5.41) is 4.94. The first-order valence-corrected chi connectivity index (χ1v) is 12.8. The van der Waals surface area contributed by atoms with Crippen LogP contribution in [0, 0.1) is 6.92 Å². The Bertz CT molecular complexity index is 1390. The van der Waals surface area contributed by atoms with Crippen molar-refractivity contribution < 1.29 is 17.3 Å². The number of hydrogen-bond donors (Lipinski definition) is 1. The summed E-state index contributed by atoms with van der Waals surface area (Å²) in [5.74, 6) is 0.418. The highest BCUT2D eigenvalue weighted by molar-refractivity contribution is 7.87. The third kappa shape index (κ3) is 5.62. The molecule has 0 unspecified atom stereocenters. The molecule has 4 aromatic rings. The van der Waals surface area contributed by atoms with Crippen molar-refractivity contribution in [3.05, 3.63) is 89.3 Å². The zero-order valence-corrected chi connectivity index (χ0v) is 20.3. The van der Waals surface area contributed by atoms with Gasteiger partial charge in [-0.3, -0.25) is 5.43 Å². The van der Waals surface area contributed by atoms with Crippen molar-refractivity contribution in [2.45, 2.75) is 18.7 Å². The second-order valence-corrected chi connectivity index (χ2v) is 9.90. The summed E-state index contributed by atoms with van der Waals surface area (Å²) < 4.78 is 36.1. The van der Waals surface area contributed by atoms with Crippen LogP contribution in [0.25, 0.3) is 11.3 Å². The fraction of sp³-hybridized carbons (Fsp3) is 0.120. The Morgan fingerprint density at radius 2 is 1.71 bits per heavy atom. The van der Waals surface area contributed by atoms with Gasteiger partial charge in [0.05, 0.1) is 18.5 Å². The highest BCUT2D eigenvalue weighted by atomic mass is 32.2. The quantitative estimate of drug-likeness (QED) is 0.182. The molecule has 0 radical (unpaired) electrons. The third-order valence-electron chi connectivity index (χ3n) is 4.72. The Balaban J connectivity index is 1.49. The number of benzene rings is 3. The molecular weight excluding hydrogens is 470 g/mol. The summed E-state index contributed by atoms with van der Waals surface area (Å²) in [5.41, 5.74) is 5.64. The fourth-order valence-corrected chi connectivity index (χ4v) is 4.91. The lowest BCUT2D eigenvalue weighted by Crippen LogP contribution is -2.10. The maximum Gasteiger partial charge on any atom is 0.339 e. The van der Waals surface area contributed by atoms with E-state index in [9.17, 15) is 8.42 Å². The molecular formula is C25H23N3O4S2. The molecule has 0 fully saturated rings. The van der Waals surface area contributed by atoms with E-state index in [0.29, 0.717) is 23.1 Å². The molecule has 0 spiro atoms. The number of hydrazone groups is 1. The van der Waals surface area contributed by atoms with Gasteiger partial charge in [-0.1, -0.05) is 48.5 Å². The first-order chi connectivity index (χ1) is 16.5. The van der Waals surface area contributed by atoms with Gasteiger partial charge in [-0.25, -0.2) is 4.98 Å². The molecule has 174 valence electrons. The summed E-state index contributed by atoms with van der Waals surface area (Å²) in [7, 11) is -3.98. The van der Waals surface area contributed by atoms with Gasteiger partial charge in [-0.2, -0.15) is 13.5 Å². The van der Waals surface area contributed by atoms with Crippen LogP contribution < -0.4 is 14.3 Å². The lowest BCUT2D eigenvalue weighted by molar-refractivity contribution is 0.327. The van der Waals surface area contributed by atoms with Crippen molar-refractivity contribution in [1.29, 1.82) is 0 Å². The lowest BCUT2D eigenvalue weighted by atomic mass is 10.1. The van der Waals surface area contributed by atoms with Crippen LogP contribution in [0.4, 0.5) is 5.13 Å². The van der Waals surface area contributed by atoms with Crippen molar-refractivity contribution >= 4 is 32.8 Å². The van der Waals surface area contributed by atoms with Gasteiger partial charge in [-0.15, -0.1) is 11.3 Å². The minimum absolute atomic E-state index is 0.0703. The monoisotopic (exact) mass is 493 g/mol. The van der Waals surface area contributed by atoms with Crippen molar-refractivity contribution in [2.75, 3.05) is 12.0 Å². The number of rotatable bonds is 9. The van der Waals surface area contributed by atoms with Gasteiger partial charge < -0.3 is 8.92 Å². The molecule has 0 bridgehead atoms. The van der Waals surface area contributed by atoms with Gasteiger partial charge >= 0.3 is 10.1 Å². The molecule has 9 heteroatoms. The highest BCUT2D eigenvalue weighted by Gasteiger charge is 2.19. The second-order valence-electron chi connectivity index (χ2n) is 7.15. The van der Waals surface area contributed by atoms with Crippen LogP contribution in [0.5, 0.6) is 11.5 Å². The summed E-state index contributed by atoms with van der Waals surface area (Å²) in [6.45, 7) is 4.18. The molecule has 1 aromatic heterocycles. The van der Waals surface area contributed by atoms with Crippen LogP contribution in [0.15, 0.2) is 88.9 Å². The van der Waals surface area contributed by atoms with Gasteiger partial charge in [0, 0.05) is 10.4 Å². The van der Waals surface area contributed by atoms with Crippen LogP contribution in [0.3, 0.4) is 0 Å². The van der Waals surface area contributed by atoms with Crippen LogP contribution in [0.2, 0.25) is 0 Å². The third-order valence-corrected chi connectivity index (χ3v) is 6.84. The van der Waals surface area contributed by atoms with E-state index >= 15 is 0 Å². The summed E-state index contributed by atoms with van der Waals surface area (Å²) >= 11 is 1.51. The van der Waals surface area contributed by atoms with E-state index in [1.807, 2.05) is 44.2 Å². The maximum atomic E-state index is 12.6. The van der Waals surface area contributed by atoms with Crippen LogP contribution in [-0.2, 0) is 10.1 Å². The molecule has 0 saturated carbocycles. The molecule has 7 nitrogen and oxygen atoms in total. The summed E-state index contributed by atoms with van der Waals surface area (Å²) in [6.07, 6.45) is 1.61. The van der Waals surface area contributed by atoms with Crippen molar-refractivity contribution in [3.63, 3.8) is 0 Å². The maximum absolute atomic E-state index is 12.6. The lowest BCUT2D eigenvalue weighted by Gasteiger charge is -2.12. The Morgan fingerprint density at radius 1 is 1.00 bits per heavy atom. The molecule has 1 N–H and O–H groups in total. The molecule has 0 saturated heterocycles. The molecule has 0 aliphatic carbocycles. The number of aryl methyl sites for hydroxylation is 1. The zero-order valence-electron chi connectivity index (χ0n) is 18.6. The van der Waals surface area contributed by atoms with Gasteiger partial charge in [0.1, 0.15) is 4.90 Å². The SMILES string of the molecule is CCOc1cc(/C=N\Nc2nc(-c3ccccc3)c(C)s2)ccc1OS(=O)(=O)c1ccccc1. The number of hydrogen-bond acceptors (Lipinski definition) is 8.